The Kier molecular flexibility index (Phi) is 59.5. The molecule has 2 unspecified atom stereocenters. The molecule has 0 aliphatic rings. The smallest absolute Gasteiger partial charge is 0.306 e. The van der Waals surface area contributed by atoms with Crippen molar-refractivity contribution in [2.24, 2.45) is 0 Å². The summed E-state index contributed by atoms with van der Waals surface area (Å²) in [4.78, 5) is 38.0. The van der Waals surface area contributed by atoms with Crippen LogP contribution in [0, 0.1) is 0 Å². The summed E-state index contributed by atoms with van der Waals surface area (Å²) >= 11 is 0. The maximum absolute atomic E-state index is 12.8. The van der Waals surface area contributed by atoms with Crippen molar-refractivity contribution in [3.05, 3.63) is 60.8 Å². The SMILES string of the molecule is CC/C=C\C/C=C\C/C=C\C/C=C\CCCCCCCCCCCCCCCCCCCCCCCCCCC(=O)OC(COC(=O)CCCCCCCCCCC/C=C\CCCCCCCC)COP(=O)([O-])OCC[N+](C)(C)C. The minimum Gasteiger partial charge on any atom is -0.756 e. The highest BCUT2D eigenvalue weighted by molar-refractivity contribution is 7.45. The van der Waals surface area contributed by atoms with Gasteiger partial charge in [-0.05, 0) is 77.0 Å². The van der Waals surface area contributed by atoms with Gasteiger partial charge >= 0.3 is 11.9 Å². The van der Waals surface area contributed by atoms with Gasteiger partial charge in [-0.15, -0.1) is 0 Å². The van der Waals surface area contributed by atoms with Gasteiger partial charge in [0.05, 0.1) is 27.7 Å². The first-order chi connectivity index (χ1) is 39.0. The lowest BCUT2D eigenvalue weighted by Crippen LogP contribution is -2.37. The van der Waals surface area contributed by atoms with Crippen molar-refractivity contribution in [3.8, 4) is 0 Å². The number of likely N-dealkylation sites (N-methyl/N-ethyl adjacent to an activating group) is 1. The number of quaternary nitrogens is 1. The highest BCUT2D eigenvalue weighted by Crippen LogP contribution is 2.38. The van der Waals surface area contributed by atoms with E-state index in [9.17, 15) is 19.0 Å². The van der Waals surface area contributed by atoms with Crippen molar-refractivity contribution in [2.45, 2.75) is 328 Å². The lowest BCUT2D eigenvalue weighted by atomic mass is 10.0. The summed E-state index contributed by atoms with van der Waals surface area (Å²) in [6, 6.07) is 0. The summed E-state index contributed by atoms with van der Waals surface area (Å²) in [5.74, 6) is -0.820. The van der Waals surface area contributed by atoms with Crippen LogP contribution in [0.15, 0.2) is 60.8 Å². The van der Waals surface area contributed by atoms with Crippen LogP contribution in [0.1, 0.15) is 322 Å². The molecule has 0 spiro atoms. The number of hydrogen-bond donors (Lipinski definition) is 0. The Balaban J connectivity index is 3.95. The molecule has 0 heterocycles. The minimum atomic E-state index is -4.64. The normalized spacial score (nSPS) is 13.5. The highest BCUT2D eigenvalue weighted by Gasteiger charge is 2.22. The third-order valence-corrected chi connectivity index (χ3v) is 16.0. The Bertz CT molecular complexity index is 1530. The Labute approximate surface area is 496 Å². The minimum absolute atomic E-state index is 0.0296. The average molecular weight is 1140 g/mol. The van der Waals surface area contributed by atoms with Crippen molar-refractivity contribution >= 4 is 19.8 Å². The zero-order valence-electron chi connectivity index (χ0n) is 53.3. The molecule has 0 fully saturated rings. The molecule has 0 aliphatic heterocycles. The molecular formula is C70H130NO8P. The van der Waals surface area contributed by atoms with Crippen molar-refractivity contribution < 1.29 is 42.1 Å². The molecule has 0 saturated heterocycles. The van der Waals surface area contributed by atoms with Gasteiger partial charge < -0.3 is 27.9 Å². The molecule has 2 atom stereocenters. The number of ether oxygens (including phenoxy) is 2. The second-order valence-electron chi connectivity index (χ2n) is 24.2. The Morgan fingerprint density at radius 1 is 0.400 bits per heavy atom. The molecule has 9 nitrogen and oxygen atoms in total. The molecule has 468 valence electrons. The molecule has 0 bridgehead atoms. The standard InChI is InChI=1S/C70H130NO8P/c1-6-8-10-12-14-16-18-20-22-24-26-27-28-29-30-31-32-33-34-35-36-37-38-39-40-41-42-43-45-47-49-51-53-55-57-59-61-63-70(73)79-68(67-78-80(74,75)77-65-64-71(3,4)5)66-76-69(72)62-60-58-56-54-52-50-48-46-44-25-23-21-19-17-15-13-11-9-7-2/h8,10,14,16,20-23,26-27,68H,6-7,9,11-13,15,17-19,24-25,28-67H2,1-5H3/b10-8-,16-14-,22-20-,23-21-,27-26-. The number of rotatable bonds is 63. The van der Waals surface area contributed by atoms with E-state index < -0.39 is 26.5 Å². The van der Waals surface area contributed by atoms with E-state index in [1.807, 2.05) is 21.1 Å². The van der Waals surface area contributed by atoms with Crippen molar-refractivity contribution in [1.29, 1.82) is 0 Å². The lowest BCUT2D eigenvalue weighted by Gasteiger charge is -2.28. The van der Waals surface area contributed by atoms with E-state index in [4.69, 9.17) is 18.5 Å². The number of carbonyl (C=O) groups excluding carboxylic acids is 2. The van der Waals surface area contributed by atoms with Crippen molar-refractivity contribution in [2.75, 3.05) is 47.5 Å². The van der Waals surface area contributed by atoms with Gasteiger partial charge in [-0.1, -0.05) is 293 Å². The summed E-state index contributed by atoms with van der Waals surface area (Å²) in [7, 11) is 1.18. The maximum atomic E-state index is 12.8. The van der Waals surface area contributed by atoms with Gasteiger partial charge in [-0.25, -0.2) is 0 Å². The van der Waals surface area contributed by atoms with Gasteiger partial charge in [0.1, 0.15) is 19.8 Å². The van der Waals surface area contributed by atoms with Crippen LogP contribution in [0.4, 0.5) is 0 Å². The number of esters is 2. The predicted octanol–water partition coefficient (Wildman–Crippen LogP) is 21.2. The van der Waals surface area contributed by atoms with Gasteiger partial charge in [0.2, 0.25) is 0 Å². The first-order valence-electron chi connectivity index (χ1n) is 34.0. The number of allylic oxidation sites excluding steroid dienone is 10. The summed E-state index contributed by atoms with van der Waals surface area (Å²) < 4.78 is 34.3. The van der Waals surface area contributed by atoms with Gasteiger partial charge in [-0.2, -0.15) is 0 Å². The maximum Gasteiger partial charge on any atom is 0.306 e. The second-order valence-corrected chi connectivity index (χ2v) is 25.6. The van der Waals surface area contributed by atoms with E-state index in [0.29, 0.717) is 17.4 Å². The number of carbonyl (C=O) groups is 2. The van der Waals surface area contributed by atoms with E-state index in [0.717, 1.165) is 57.8 Å². The van der Waals surface area contributed by atoms with Crippen LogP contribution in [0.3, 0.4) is 0 Å². The number of nitrogens with zero attached hydrogens (tertiary/aromatic N) is 1. The molecule has 0 aromatic rings. The van der Waals surface area contributed by atoms with Crippen LogP contribution in [0.25, 0.3) is 0 Å². The lowest BCUT2D eigenvalue weighted by molar-refractivity contribution is -0.870. The summed E-state index contributed by atoms with van der Waals surface area (Å²) in [5.41, 5.74) is 0. The van der Waals surface area contributed by atoms with Gasteiger partial charge in [0, 0.05) is 12.8 Å². The summed E-state index contributed by atoms with van der Waals surface area (Å²) in [5, 5.41) is 0. The third-order valence-electron chi connectivity index (χ3n) is 15.0. The molecule has 0 N–H and O–H groups in total. The third kappa shape index (κ3) is 64.9. The Morgan fingerprint density at radius 2 is 0.713 bits per heavy atom. The van der Waals surface area contributed by atoms with Crippen LogP contribution in [0.2, 0.25) is 0 Å². The number of hydrogen-bond acceptors (Lipinski definition) is 8. The largest absolute Gasteiger partial charge is 0.756 e. The van der Waals surface area contributed by atoms with E-state index in [1.165, 1.54) is 231 Å². The van der Waals surface area contributed by atoms with Gasteiger partial charge in [-0.3, -0.25) is 14.2 Å². The topological polar surface area (TPSA) is 111 Å². The summed E-state index contributed by atoms with van der Waals surface area (Å²) in [6.07, 6.45) is 80.2. The zero-order chi connectivity index (χ0) is 58.4. The highest BCUT2D eigenvalue weighted by atomic mass is 31.2. The summed E-state index contributed by atoms with van der Waals surface area (Å²) in [6.45, 7) is 4.17. The second kappa shape index (κ2) is 61.3. The van der Waals surface area contributed by atoms with E-state index in [1.54, 1.807) is 0 Å². The first-order valence-corrected chi connectivity index (χ1v) is 35.5. The molecule has 0 amide bonds. The molecule has 0 aromatic heterocycles. The first kappa shape index (κ1) is 77.7. The molecule has 0 radical (unpaired) electrons. The molecular weight excluding hydrogens is 1010 g/mol. The van der Waals surface area contributed by atoms with Crippen LogP contribution >= 0.6 is 7.82 Å². The van der Waals surface area contributed by atoms with Gasteiger partial charge in [0.15, 0.2) is 6.10 Å². The van der Waals surface area contributed by atoms with E-state index >= 15 is 0 Å². The zero-order valence-corrected chi connectivity index (χ0v) is 54.2. The van der Waals surface area contributed by atoms with Crippen molar-refractivity contribution in [3.63, 3.8) is 0 Å². The Hall–Kier alpha value is -2.29. The average Bonchev–Trinajstić information content (AvgIpc) is 3.42. The fourth-order valence-electron chi connectivity index (χ4n) is 9.82. The monoisotopic (exact) mass is 1140 g/mol. The molecule has 0 rings (SSSR count). The van der Waals surface area contributed by atoms with Crippen LogP contribution in [-0.4, -0.2) is 70.0 Å². The molecule has 0 aliphatic carbocycles. The number of unbranched alkanes of at least 4 members (excludes halogenated alkanes) is 39. The van der Waals surface area contributed by atoms with Crippen LogP contribution in [0.5, 0.6) is 0 Å². The number of phosphoric acid groups is 1. The predicted molar refractivity (Wildman–Crippen MR) is 342 cm³/mol. The molecule has 0 saturated carbocycles. The molecule has 10 heteroatoms. The number of phosphoric ester groups is 1. The van der Waals surface area contributed by atoms with Crippen LogP contribution in [-0.2, 0) is 32.7 Å². The van der Waals surface area contributed by atoms with E-state index in [-0.39, 0.29) is 32.0 Å². The molecule has 80 heavy (non-hydrogen) atoms. The van der Waals surface area contributed by atoms with E-state index in [2.05, 4.69) is 74.6 Å². The van der Waals surface area contributed by atoms with Crippen molar-refractivity contribution in [1.82, 2.24) is 0 Å². The fraction of sp³-hybridized carbons (Fsp3) is 0.829. The fourth-order valence-corrected chi connectivity index (χ4v) is 10.6. The van der Waals surface area contributed by atoms with Crippen LogP contribution < -0.4 is 4.89 Å². The molecule has 0 aromatic carbocycles. The quantitative estimate of drug-likeness (QED) is 0.0195. The van der Waals surface area contributed by atoms with Gasteiger partial charge in [0.25, 0.3) is 7.82 Å². The Morgan fingerprint density at radius 3 is 1.07 bits per heavy atom.